The van der Waals surface area contributed by atoms with Gasteiger partial charge in [-0.15, -0.1) is 0 Å². The molecular weight excluding hydrogens is 236 g/mol. The van der Waals surface area contributed by atoms with Gasteiger partial charge in [-0.1, -0.05) is 0 Å². The Bertz CT molecular complexity index is 251. The van der Waals surface area contributed by atoms with E-state index in [2.05, 4.69) is 0 Å². The zero-order chi connectivity index (χ0) is 14.3. The highest BCUT2D eigenvalue weighted by atomic mass is 16.6. The summed E-state index contributed by atoms with van der Waals surface area (Å²) in [6, 6.07) is -0.183. The van der Waals surface area contributed by atoms with Crippen LogP contribution in [0.25, 0.3) is 0 Å². The molecule has 108 valence electrons. The Hall–Kier alpha value is -0.850. The lowest BCUT2D eigenvalue weighted by Crippen LogP contribution is -2.48. The quantitative estimate of drug-likeness (QED) is 0.695. The molecule has 0 fully saturated rings. The van der Waals surface area contributed by atoms with Crippen LogP contribution < -0.4 is 5.73 Å². The van der Waals surface area contributed by atoms with E-state index in [4.69, 9.17) is 20.3 Å². The number of carbonyl (C=O) groups excluding carboxylic acids is 1. The van der Waals surface area contributed by atoms with E-state index in [1.54, 1.807) is 34.6 Å². The van der Waals surface area contributed by atoms with Crippen LogP contribution in [0.1, 0.15) is 34.6 Å². The first kappa shape index (κ1) is 17.2. The molecule has 0 heterocycles. The van der Waals surface area contributed by atoms with Crippen molar-refractivity contribution in [2.45, 2.75) is 52.5 Å². The third kappa shape index (κ3) is 7.47. The van der Waals surface area contributed by atoms with Crippen molar-refractivity contribution in [1.29, 1.82) is 0 Å². The second-order valence-electron chi connectivity index (χ2n) is 5.30. The number of rotatable bonds is 6. The van der Waals surface area contributed by atoms with Gasteiger partial charge in [-0.2, -0.15) is 0 Å². The van der Waals surface area contributed by atoms with Crippen molar-refractivity contribution in [3.8, 4) is 0 Å². The monoisotopic (exact) mass is 262 g/mol. The van der Waals surface area contributed by atoms with E-state index in [0.29, 0.717) is 6.54 Å². The third-order valence-electron chi connectivity index (χ3n) is 2.00. The molecule has 2 atom stereocenters. The SMILES string of the molecule is CC(OCCO)N(C[C@@H](C)N)C(=O)OC(C)(C)C. The maximum Gasteiger partial charge on any atom is 0.412 e. The first-order valence-corrected chi connectivity index (χ1v) is 6.15. The van der Waals surface area contributed by atoms with E-state index in [1.807, 2.05) is 0 Å². The minimum absolute atomic E-state index is 0.0926. The first-order chi connectivity index (χ1) is 8.17. The number of amides is 1. The van der Waals surface area contributed by atoms with E-state index in [0.717, 1.165) is 0 Å². The van der Waals surface area contributed by atoms with Gasteiger partial charge in [0.05, 0.1) is 13.2 Å². The molecule has 6 heteroatoms. The van der Waals surface area contributed by atoms with Gasteiger partial charge in [0.2, 0.25) is 0 Å². The van der Waals surface area contributed by atoms with Crippen LogP contribution in [0.15, 0.2) is 0 Å². The lowest BCUT2D eigenvalue weighted by Gasteiger charge is -2.32. The van der Waals surface area contributed by atoms with E-state index in [1.165, 1.54) is 4.90 Å². The summed E-state index contributed by atoms with van der Waals surface area (Å²) in [6.07, 6.45) is -0.955. The van der Waals surface area contributed by atoms with Crippen molar-refractivity contribution in [3.63, 3.8) is 0 Å². The zero-order valence-electron chi connectivity index (χ0n) is 12.0. The standard InChI is InChI=1S/C12H26N2O4/c1-9(13)8-14(10(2)17-7-6-15)11(16)18-12(3,4)5/h9-10,15H,6-8,13H2,1-5H3/t9-,10?/m1/s1. The van der Waals surface area contributed by atoms with Gasteiger partial charge in [-0.05, 0) is 34.6 Å². The number of hydrogen-bond acceptors (Lipinski definition) is 5. The largest absolute Gasteiger partial charge is 0.444 e. The molecule has 0 radical (unpaired) electrons. The number of aliphatic hydroxyl groups is 1. The number of ether oxygens (including phenoxy) is 2. The van der Waals surface area contributed by atoms with Crippen molar-refractivity contribution in [2.75, 3.05) is 19.8 Å². The summed E-state index contributed by atoms with van der Waals surface area (Å²) < 4.78 is 10.6. The van der Waals surface area contributed by atoms with Crippen molar-refractivity contribution < 1.29 is 19.4 Å². The molecule has 0 saturated carbocycles. The van der Waals surface area contributed by atoms with Crippen LogP contribution in [0, 0.1) is 0 Å². The Morgan fingerprint density at radius 1 is 1.39 bits per heavy atom. The van der Waals surface area contributed by atoms with Crippen molar-refractivity contribution in [3.05, 3.63) is 0 Å². The van der Waals surface area contributed by atoms with Gasteiger partial charge in [-0.25, -0.2) is 4.79 Å². The highest BCUT2D eigenvalue weighted by Crippen LogP contribution is 2.12. The minimum Gasteiger partial charge on any atom is -0.444 e. The predicted octanol–water partition coefficient (Wildman–Crippen LogP) is 0.926. The smallest absolute Gasteiger partial charge is 0.412 e. The molecule has 6 nitrogen and oxygen atoms in total. The molecule has 0 aliphatic heterocycles. The second kappa shape index (κ2) is 7.56. The summed E-state index contributed by atoms with van der Waals surface area (Å²) in [5.74, 6) is 0. The van der Waals surface area contributed by atoms with Gasteiger partial charge in [-0.3, -0.25) is 4.90 Å². The molecule has 18 heavy (non-hydrogen) atoms. The van der Waals surface area contributed by atoms with Gasteiger partial charge in [0.15, 0.2) is 0 Å². The van der Waals surface area contributed by atoms with Crippen molar-refractivity contribution >= 4 is 6.09 Å². The molecule has 1 unspecified atom stereocenters. The van der Waals surface area contributed by atoms with Crippen LogP contribution in [-0.4, -0.2) is 53.7 Å². The molecule has 0 aromatic heterocycles. The van der Waals surface area contributed by atoms with Gasteiger partial charge < -0.3 is 20.3 Å². The van der Waals surface area contributed by atoms with Crippen LogP contribution in [-0.2, 0) is 9.47 Å². The molecule has 0 spiro atoms. The van der Waals surface area contributed by atoms with E-state index in [-0.39, 0.29) is 19.3 Å². The Labute approximate surface area is 109 Å². The number of nitrogens with zero attached hydrogens (tertiary/aromatic N) is 1. The molecule has 3 N–H and O–H groups in total. The number of hydrogen-bond donors (Lipinski definition) is 2. The Morgan fingerprint density at radius 3 is 2.33 bits per heavy atom. The summed E-state index contributed by atoms with van der Waals surface area (Å²) in [7, 11) is 0. The molecule has 0 aromatic carbocycles. The predicted molar refractivity (Wildman–Crippen MR) is 69.1 cm³/mol. The fourth-order valence-electron chi connectivity index (χ4n) is 1.32. The molecule has 0 rings (SSSR count). The molecule has 0 aliphatic rings. The van der Waals surface area contributed by atoms with Crippen LogP contribution in [0.2, 0.25) is 0 Å². The van der Waals surface area contributed by atoms with Crippen LogP contribution >= 0.6 is 0 Å². The fourth-order valence-corrected chi connectivity index (χ4v) is 1.32. The molecular formula is C12H26N2O4. The maximum atomic E-state index is 12.0. The average molecular weight is 262 g/mol. The average Bonchev–Trinajstić information content (AvgIpc) is 2.19. The van der Waals surface area contributed by atoms with Crippen molar-refractivity contribution in [2.24, 2.45) is 5.73 Å². The Balaban J connectivity index is 4.60. The number of aliphatic hydroxyl groups excluding tert-OH is 1. The Kier molecular flexibility index (Phi) is 7.20. The highest BCUT2D eigenvalue weighted by Gasteiger charge is 2.26. The molecule has 0 aliphatic carbocycles. The van der Waals surface area contributed by atoms with Gasteiger partial charge in [0.25, 0.3) is 0 Å². The van der Waals surface area contributed by atoms with Gasteiger partial charge in [0, 0.05) is 12.6 Å². The lowest BCUT2D eigenvalue weighted by atomic mass is 10.2. The van der Waals surface area contributed by atoms with Crippen molar-refractivity contribution in [1.82, 2.24) is 4.90 Å². The fraction of sp³-hybridized carbons (Fsp3) is 0.917. The third-order valence-corrected chi connectivity index (χ3v) is 2.00. The molecule has 0 bridgehead atoms. The number of carbonyl (C=O) groups is 1. The van der Waals surface area contributed by atoms with E-state index < -0.39 is 17.9 Å². The lowest BCUT2D eigenvalue weighted by molar-refractivity contribution is -0.0669. The maximum absolute atomic E-state index is 12.0. The highest BCUT2D eigenvalue weighted by molar-refractivity contribution is 5.68. The topological polar surface area (TPSA) is 85.0 Å². The first-order valence-electron chi connectivity index (χ1n) is 6.15. The van der Waals surface area contributed by atoms with Gasteiger partial charge >= 0.3 is 6.09 Å². The van der Waals surface area contributed by atoms with E-state index in [9.17, 15) is 4.79 Å². The molecule has 0 aromatic rings. The van der Waals surface area contributed by atoms with Crippen LogP contribution in [0.5, 0.6) is 0 Å². The minimum atomic E-state index is -0.566. The van der Waals surface area contributed by atoms with E-state index >= 15 is 0 Å². The molecule has 0 saturated heterocycles. The van der Waals surface area contributed by atoms with Gasteiger partial charge in [0.1, 0.15) is 11.8 Å². The summed E-state index contributed by atoms with van der Waals surface area (Å²) in [5, 5.41) is 8.72. The zero-order valence-corrected chi connectivity index (χ0v) is 12.0. The second-order valence-corrected chi connectivity index (χ2v) is 5.30. The summed E-state index contributed by atoms with van der Waals surface area (Å²) in [5.41, 5.74) is 5.14. The normalized spacial score (nSPS) is 15.1. The Morgan fingerprint density at radius 2 is 1.94 bits per heavy atom. The van der Waals surface area contributed by atoms with Crippen LogP contribution in [0.3, 0.4) is 0 Å². The summed E-state index contributed by atoms with van der Waals surface area (Å²) >= 11 is 0. The van der Waals surface area contributed by atoms with Crippen LogP contribution in [0.4, 0.5) is 4.79 Å². The molecule has 1 amide bonds. The number of nitrogens with two attached hydrogens (primary N) is 1. The summed E-state index contributed by atoms with van der Waals surface area (Å²) in [6.45, 7) is 9.33. The summed E-state index contributed by atoms with van der Waals surface area (Å²) in [4.78, 5) is 13.4.